The first kappa shape index (κ1) is 31.1. The highest BCUT2D eigenvalue weighted by Crippen LogP contribution is 2.43. The summed E-state index contributed by atoms with van der Waals surface area (Å²) in [5.41, 5.74) is 4.28. The van der Waals surface area contributed by atoms with Gasteiger partial charge in [-0.2, -0.15) is 0 Å². The molecule has 2 saturated carbocycles. The van der Waals surface area contributed by atoms with Gasteiger partial charge < -0.3 is 14.0 Å². The van der Waals surface area contributed by atoms with Gasteiger partial charge in [0, 0.05) is 51.9 Å². The maximum atomic E-state index is 14.2. The van der Waals surface area contributed by atoms with Gasteiger partial charge >= 0.3 is 5.97 Å². The van der Waals surface area contributed by atoms with Gasteiger partial charge in [0.15, 0.2) is 11.6 Å². The van der Waals surface area contributed by atoms with Crippen LogP contribution in [0.15, 0.2) is 72.8 Å². The van der Waals surface area contributed by atoms with E-state index in [0.29, 0.717) is 28.4 Å². The highest BCUT2D eigenvalue weighted by Gasteiger charge is 2.39. The number of carbonyl (C=O) groups excluding carboxylic acids is 3. The van der Waals surface area contributed by atoms with E-state index < -0.39 is 5.41 Å². The Morgan fingerprint density at radius 1 is 0.915 bits per heavy atom. The van der Waals surface area contributed by atoms with Crippen molar-refractivity contribution in [2.24, 2.45) is 17.3 Å². The van der Waals surface area contributed by atoms with Gasteiger partial charge in [-0.3, -0.25) is 14.4 Å². The van der Waals surface area contributed by atoms with E-state index in [1.807, 2.05) is 86.6 Å². The SMILES string of the molecule is COC(=O)C(C)(C)Cc1c(C(=O)C2CC2)c2cc(OCc3ccc4ccccc4n3)c(C(=O)C3CC3)cc2n1Cc1ccc(Cl)cc1. The van der Waals surface area contributed by atoms with E-state index in [2.05, 4.69) is 4.57 Å². The van der Waals surface area contributed by atoms with Crippen LogP contribution >= 0.6 is 11.6 Å². The number of fused-ring (bicyclic) bond motifs is 2. The molecule has 0 radical (unpaired) electrons. The molecule has 0 aliphatic heterocycles. The molecule has 2 heterocycles. The lowest BCUT2D eigenvalue weighted by molar-refractivity contribution is -0.150. The summed E-state index contributed by atoms with van der Waals surface area (Å²) >= 11 is 6.22. The lowest BCUT2D eigenvalue weighted by Crippen LogP contribution is -2.30. The topological polar surface area (TPSA) is 87.5 Å². The first-order valence-corrected chi connectivity index (χ1v) is 16.6. The van der Waals surface area contributed by atoms with Crippen molar-refractivity contribution in [2.75, 3.05) is 7.11 Å². The van der Waals surface area contributed by atoms with E-state index in [4.69, 9.17) is 26.1 Å². The maximum Gasteiger partial charge on any atom is 0.311 e. The number of ether oxygens (including phenoxy) is 2. The first-order valence-electron chi connectivity index (χ1n) is 16.2. The van der Waals surface area contributed by atoms with Gasteiger partial charge in [0.2, 0.25) is 0 Å². The molecule has 3 aromatic carbocycles. The molecule has 8 heteroatoms. The molecule has 2 aromatic heterocycles. The minimum atomic E-state index is -0.910. The monoisotopic (exact) mass is 648 g/mol. The maximum absolute atomic E-state index is 14.2. The molecule has 2 aliphatic rings. The zero-order valence-electron chi connectivity index (χ0n) is 26.8. The quantitative estimate of drug-likeness (QED) is 0.0997. The summed E-state index contributed by atoms with van der Waals surface area (Å²) < 4.78 is 13.7. The summed E-state index contributed by atoms with van der Waals surface area (Å²) in [6.45, 7) is 4.26. The molecule has 0 N–H and O–H groups in total. The summed E-state index contributed by atoms with van der Waals surface area (Å²) in [6, 6.07) is 23.2. The summed E-state index contributed by atoms with van der Waals surface area (Å²) in [6.07, 6.45) is 3.63. The Hall–Kier alpha value is -4.49. The molecular weight excluding hydrogens is 612 g/mol. The second kappa shape index (κ2) is 12.3. The number of esters is 1. The number of hydrogen-bond acceptors (Lipinski definition) is 6. The van der Waals surface area contributed by atoms with Crippen molar-refractivity contribution in [2.45, 2.75) is 59.1 Å². The Bertz CT molecular complexity index is 2040. The number of pyridine rings is 1. The third-order valence-corrected chi connectivity index (χ3v) is 9.57. The number of halogens is 1. The van der Waals surface area contributed by atoms with Crippen LogP contribution in [0.1, 0.15) is 77.2 Å². The smallest absolute Gasteiger partial charge is 0.311 e. The third-order valence-electron chi connectivity index (χ3n) is 9.31. The van der Waals surface area contributed by atoms with E-state index in [1.54, 1.807) is 0 Å². The van der Waals surface area contributed by atoms with E-state index >= 15 is 0 Å². The molecule has 47 heavy (non-hydrogen) atoms. The average molecular weight is 649 g/mol. The minimum Gasteiger partial charge on any atom is -0.487 e. The molecule has 2 fully saturated rings. The number of nitrogens with zero attached hydrogens (tertiary/aromatic N) is 2. The van der Waals surface area contributed by atoms with Crippen LogP contribution in [0.3, 0.4) is 0 Å². The number of rotatable bonds is 12. The Morgan fingerprint density at radius 2 is 1.62 bits per heavy atom. The van der Waals surface area contributed by atoms with E-state index in [0.717, 1.165) is 64.4 Å². The number of ketones is 2. The van der Waals surface area contributed by atoms with Gasteiger partial charge in [0.1, 0.15) is 12.4 Å². The van der Waals surface area contributed by atoms with E-state index in [-0.39, 0.29) is 42.4 Å². The van der Waals surface area contributed by atoms with Crippen molar-refractivity contribution in [3.63, 3.8) is 0 Å². The Morgan fingerprint density at radius 3 is 2.32 bits per heavy atom. The fraction of sp³-hybridized carbons (Fsp3) is 0.333. The normalized spacial score (nSPS) is 14.8. The summed E-state index contributed by atoms with van der Waals surface area (Å²) in [7, 11) is 1.38. The van der Waals surface area contributed by atoms with Crippen LogP contribution in [-0.2, 0) is 29.1 Å². The molecule has 2 aliphatic carbocycles. The summed E-state index contributed by atoms with van der Waals surface area (Å²) in [4.78, 5) is 45.7. The number of Topliss-reactive ketones (excluding diaryl/α,β-unsaturated/α-hetero) is 2. The predicted molar refractivity (Wildman–Crippen MR) is 182 cm³/mol. The lowest BCUT2D eigenvalue weighted by Gasteiger charge is -2.23. The van der Waals surface area contributed by atoms with Gasteiger partial charge in [-0.25, -0.2) is 4.98 Å². The molecule has 0 atom stereocenters. The molecular formula is C39H37ClN2O5. The van der Waals surface area contributed by atoms with Crippen molar-refractivity contribution in [1.82, 2.24) is 9.55 Å². The molecule has 240 valence electrons. The van der Waals surface area contributed by atoms with Crippen molar-refractivity contribution in [3.05, 3.63) is 106 Å². The summed E-state index contributed by atoms with van der Waals surface area (Å²) in [5, 5.41) is 2.39. The van der Waals surface area contributed by atoms with Crippen LogP contribution in [0.4, 0.5) is 0 Å². The van der Waals surface area contributed by atoms with Crippen molar-refractivity contribution in [1.29, 1.82) is 0 Å². The van der Waals surface area contributed by atoms with Crippen LogP contribution in [0.25, 0.3) is 21.8 Å². The number of methoxy groups -OCH3 is 1. The molecule has 0 unspecified atom stereocenters. The van der Waals surface area contributed by atoms with E-state index in [1.165, 1.54) is 7.11 Å². The number of carbonyl (C=O) groups is 3. The van der Waals surface area contributed by atoms with Crippen molar-refractivity contribution >= 4 is 50.9 Å². The standard InChI is InChI=1S/C39H37ClN2O5/c1-39(2,38(45)46-3)20-33-35(37(44)26-12-13-26)29-19-34(47-22-28-17-14-24-6-4-5-7-31(24)41-28)30(36(43)25-10-11-25)18-32(29)42(33)21-23-8-15-27(40)16-9-23/h4-9,14-19,25-26H,10-13,20-22H2,1-3H3. The van der Waals surface area contributed by atoms with Crippen LogP contribution in [0, 0.1) is 17.3 Å². The fourth-order valence-electron chi connectivity index (χ4n) is 6.37. The number of para-hydroxylation sites is 1. The number of hydrogen-bond donors (Lipinski definition) is 0. The molecule has 5 aromatic rings. The van der Waals surface area contributed by atoms with Gasteiger partial charge in [0.25, 0.3) is 0 Å². The Kier molecular flexibility index (Phi) is 8.13. The predicted octanol–water partition coefficient (Wildman–Crippen LogP) is 8.40. The van der Waals surface area contributed by atoms with Crippen molar-refractivity contribution in [3.8, 4) is 5.75 Å². The highest BCUT2D eigenvalue weighted by molar-refractivity contribution is 6.30. The average Bonchev–Trinajstić information content (AvgIpc) is 4.00. The second-order valence-corrected chi connectivity index (χ2v) is 13.9. The molecule has 0 saturated heterocycles. The largest absolute Gasteiger partial charge is 0.487 e. The second-order valence-electron chi connectivity index (χ2n) is 13.5. The molecule has 0 spiro atoms. The first-order chi connectivity index (χ1) is 22.6. The van der Waals surface area contributed by atoms with Gasteiger partial charge in [0.05, 0.1) is 34.8 Å². The van der Waals surface area contributed by atoms with Crippen molar-refractivity contribution < 1.29 is 23.9 Å². The van der Waals surface area contributed by atoms with Crippen LogP contribution in [0.2, 0.25) is 5.02 Å². The molecule has 0 bridgehead atoms. The number of aromatic nitrogens is 2. The molecule has 7 nitrogen and oxygen atoms in total. The lowest BCUT2D eigenvalue weighted by atomic mass is 9.85. The van der Waals surface area contributed by atoms with Crippen LogP contribution in [-0.4, -0.2) is 34.2 Å². The van der Waals surface area contributed by atoms with Crippen LogP contribution in [0.5, 0.6) is 5.75 Å². The minimum absolute atomic E-state index is 0.0409. The fourth-order valence-corrected chi connectivity index (χ4v) is 6.50. The van der Waals surface area contributed by atoms with Gasteiger partial charge in [-0.05, 0) is 81.5 Å². The number of benzene rings is 3. The van der Waals surface area contributed by atoms with E-state index in [9.17, 15) is 14.4 Å². The Labute approximate surface area is 278 Å². The summed E-state index contributed by atoms with van der Waals surface area (Å²) in [5.74, 6) is 0.0730. The third kappa shape index (κ3) is 6.29. The van der Waals surface area contributed by atoms with Gasteiger partial charge in [-0.1, -0.05) is 48.0 Å². The molecule has 0 amide bonds. The zero-order valence-corrected chi connectivity index (χ0v) is 27.6. The highest BCUT2D eigenvalue weighted by atomic mass is 35.5. The van der Waals surface area contributed by atoms with Gasteiger partial charge in [-0.15, -0.1) is 0 Å². The van der Waals surface area contributed by atoms with Crippen LogP contribution < -0.4 is 4.74 Å². The Balaban J connectivity index is 1.40. The zero-order chi connectivity index (χ0) is 32.9. The molecule has 7 rings (SSSR count).